The molecule has 3 rings (SSSR count). The van der Waals surface area contributed by atoms with Crippen molar-refractivity contribution in [3.63, 3.8) is 0 Å². The Hall–Kier alpha value is -2.84. The molecule has 148 valence electrons. The van der Waals surface area contributed by atoms with Crippen molar-refractivity contribution >= 4 is 27.7 Å². The van der Waals surface area contributed by atoms with Crippen LogP contribution in [0.25, 0.3) is 6.08 Å². The first-order chi connectivity index (χ1) is 13.5. The predicted octanol–water partition coefficient (Wildman–Crippen LogP) is 2.34. The van der Waals surface area contributed by atoms with Crippen molar-refractivity contribution < 1.29 is 22.7 Å². The molecule has 0 aromatic heterocycles. The summed E-state index contributed by atoms with van der Waals surface area (Å²) in [6.45, 7) is 2.05. The zero-order valence-electron chi connectivity index (χ0n) is 15.3. The van der Waals surface area contributed by atoms with Crippen molar-refractivity contribution in [2.75, 3.05) is 37.6 Å². The first-order valence-electron chi connectivity index (χ1n) is 8.86. The van der Waals surface area contributed by atoms with Gasteiger partial charge < -0.3 is 14.4 Å². The van der Waals surface area contributed by atoms with Crippen LogP contribution in [0.2, 0.25) is 0 Å². The van der Waals surface area contributed by atoms with Gasteiger partial charge >= 0.3 is 0 Å². The molecule has 1 aliphatic rings. The van der Waals surface area contributed by atoms with Gasteiger partial charge in [-0.15, -0.1) is 0 Å². The third-order valence-corrected chi connectivity index (χ3v) is 5.07. The Balaban J connectivity index is 1.58. The molecule has 1 fully saturated rings. The second-order valence-corrected chi connectivity index (χ2v) is 7.74. The fraction of sp³-hybridized carbons (Fsp3) is 0.250. The number of amides is 1. The highest BCUT2D eigenvalue weighted by Gasteiger charge is 2.17. The van der Waals surface area contributed by atoms with Gasteiger partial charge in [0.05, 0.1) is 24.3 Å². The number of rotatable bonds is 7. The van der Waals surface area contributed by atoms with Crippen LogP contribution in [0.5, 0.6) is 5.75 Å². The fourth-order valence-corrected chi connectivity index (χ4v) is 3.49. The molecule has 0 atom stereocenters. The molecule has 1 aliphatic heterocycles. The highest BCUT2D eigenvalue weighted by atomic mass is 32.2. The third kappa shape index (κ3) is 6.11. The molecule has 0 bridgehead atoms. The molecular weight excluding hydrogens is 380 g/mol. The molecule has 0 unspecified atom stereocenters. The zero-order chi connectivity index (χ0) is 19.8. The highest BCUT2D eigenvalue weighted by Crippen LogP contribution is 2.19. The van der Waals surface area contributed by atoms with Crippen LogP contribution in [0, 0.1) is 0 Å². The smallest absolute Gasteiger partial charge is 0.260 e. The lowest BCUT2D eigenvalue weighted by atomic mass is 10.2. The van der Waals surface area contributed by atoms with E-state index in [4.69, 9.17) is 9.47 Å². The minimum Gasteiger partial charge on any atom is -0.484 e. The predicted molar refractivity (Wildman–Crippen MR) is 107 cm³/mol. The van der Waals surface area contributed by atoms with Crippen LogP contribution in [0.1, 0.15) is 5.56 Å². The van der Waals surface area contributed by atoms with Gasteiger partial charge in [0, 0.05) is 19.2 Å². The lowest BCUT2D eigenvalue weighted by molar-refractivity contribution is -0.137. The SMILES string of the molecule is O=C(COc1cccc(NS(=O)(=O)C=Cc2ccccc2)c1)N1CCOCC1. The van der Waals surface area contributed by atoms with Crippen LogP contribution in [0.3, 0.4) is 0 Å². The molecule has 28 heavy (non-hydrogen) atoms. The maximum Gasteiger partial charge on any atom is 0.260 e. The average molecular weight is 402 g/mol. The van der Waals surface area contributed by atoms with Gasteiger partial charge in [0.1, 0.15) is 5.75 Å². The summed E-state index contributed by atoms with van der Waals surface area (Å²) in [7, 11) is -3.67. The maximum absolute atomic E-state index is 12.2. The number of carbonyl (C=O) groups is 1. The van der Waals surface area contributed by atoms with E-state index in [0.717, 1.165) is 11.0 Å². The molecule has 0 spiro atoms. The summed E-state index contributed by atoms with van der Waals surface area (Å²) in [6, 6.07) is 15.6. The lowest BCUT2D eigenvalue weighted by Crippen LogP contribution is -2.42. The highest BCUT2D eigenvalue weighted by molar-refractivity contribution is 7.95. The topological polar surface area (TPSA) is 84.9 Å². The Morgan fingerprint density at radius 1 is 1.11 bits per heavy atom. The van der Waals surface area contributed by atoms with Gasteiger partial charge in [0.25, 0.3) is 15.9 Å². The first-order valence-corrected chi connectivity index (χ1v) is 10.4. The summed E-state index contributed by atoms with van der Waals surface area (Å²) < 4.78 is 37.7. The Bertz CT molecular complexity index is 923. The first kappa shape index (κ1) is 19.9. The van der Waals surface area contributed by atoms with E-state index in [-0.39, 0.29) is 12.5 Å². The number of benzene rings is 2. The molecule has 8 heteroatoms. The van der Waals surface area contributed by atoms with Gasteiger partial charge in [-0.2, -0.15) is 0 Å². The maximum atomic E-state index is 12.2. The summed E-state index contributed by atoms with van der Waals surface area (Å²) in [5, 5.41) is 1.11. The lowest BCUT2D eigenvalue weighted by Gasteiger charge is -2.26. The number of sulfonamides is 1. The van der Waals surface area contributed by atoms with Crippen molar-refractivity contribution in [2.45, 2.75) is 0 Å². The third-order valence-electron chi connectivity index (χ3n) is 4.06. The molecule has 1 heterocycles. The van der Waals surface area contributed by atoms with Crippen LogP contribution in [-0.2, 0) is 19.6 Å². The Kier molecular flexibility index (Phi) is 6.67. The molecule has 2 aromatic rings. The number of nitrogens with one attached hydrogen (secondary N) is 1. The second kappa shape index (κ2) is 9.38. The number of nitrogens with zero attached hydrogens (tertiary/aromatic N) is 1. The molecule has 1 N–H and O–H groups in total. The van der Waals surface area contributed by atoms with Gasteiger partial charge in [-0.05, 0) is 23.8 Å². The number of ether oxygens (including phenoxy) is 2. The van der Waals surface area contributed by atoms with Gasteiger partial charge in [0.15, 0.2) is 6.61 Å². The van der Waals surface area contributed by atoms with Crippen LogP contribution in [0.15, 0.2) is 60.0 Å². The number of carbonyl (C=O) groups excluding carboxylic acids is 1. The normalized spacial score (nSPS) is 14.8. The van der Waals surface area contributed by atoms with Gasteiger partial charge in [-0.3, -0.25) is 9.52 Å². The zero-order valence-corrected chi connectivity index (χ0v) is 16.1. The quantitative estimate of drug-likeness (QED) is 0.768. The van der Waals surface area contributed by atoms with E-state index in [0.29, 0.717) is 37.7 Å². The van der Waals surface area contributed by atoms with E-state index in [9.17, 15) is 13.2 Å². The van der Waals surface area contributed by atoms with Crippen LogP contribution >= 0.6 is 0 Å². The molecule has 1 amide bonds. The summed E-state index contributed by atoms with van der Waals surface area (Å²) in [5.74, 6) is 0.286. The Morgan fingerprint density at radius 3 is 2.61 bits per heavy atom. The van der Waals surface area contributed by atoms with Gasteiger partial charge in [-0.25, -0.2) is 8.42 Å². The molecule has 0 aliphatic carbocycles. The molecule has 2 aromatic carbocycles. The van der Waals surface area contributed by atoms with E-state index < -0.39 is 10.0 Å². The monoisotopic (exact) mass is 402 g/mol. The Labute approximate surface area is 164 Å². The van der Waals surface area contributed by atoms with Crippen molar-refractivity contribution in [2.24, 2.45) is 0 Å². The number of anilines is 1. The van der Waals surface area contributed by atoms with Crippen LogP contribution in [0.4, 0.5) is 5.69 Å². The minimum atomic E-state index is -3.67. The summed E-state index contributed by atoms with van der Waals surface area (Å²) in [6.07, 6.45) is 1.52. The number of morpholine rings is 1. The van der Waals surface area contributed by atoms with Crippen molar-refractivity contribution in [1.29, 1.82) is 0 Å². The Morgan fingerprint density at radius 2 is 1.86 bits per heavy atom. The largest absolute Gasteiger partial charge is 0.484 e. The van der Waals surface area contributed by atoms with Gasteiger partial charge in [0.2, 0.25) is 0 Å². The van der Waals surface area contributed by atoms with E-state index >= 15 is 0 Å². The van der Waals surface area contributed by atoms with Gasteiger partial charge in [-0.1, -0.05) is 36.4 Å². The van der Waals surface area contributed by atoms with E-state index in [1.165, 1.54) is 6.08 Å². The average Bonchev–Trinajstić information content (AvgIpc) is 2.72. The van der Waals surface area contributed by atoms with Crippen LogP contribution < -0.4 is 9.46 Å². The molecule has 1 saturated heterocycles. The van der Waals surface area contributed by atoms with Crippen molar-refractivity contribution in [3.05, 3.63) is 65.6 Å². The van der Waals surface area contributed by atoms with E-state index in [1.807, 2.05) is 30.3 Å². The van der Waals surface area contributed by atoms with Crippen molar-refractivity contribution in [1.82, 2.24) is 4.90 Å². The summed E-state index contributed by atoms with van der Waals surface area (Å²) >= 11 is 0. The summed E-state index contributed by atoms with van der Waals surface area (Å²) in [5.41, 5.74) is 1.14. The van der Waals surface area contributed by atoms with Crippen LogP contribution in [-0.4, -0.2) is 52.1 Å². The second-order valence-electron chi connectivity index (χ2n) is 6.17. The fourth-order valence-electron chi connectivity index (χ4n) is 2.63. The standard InChI is InChI=1S/C20H22N2O5S/c23-20(22-10-12-26-13-11-22)16-27-19-8-4-7-18(15-19)21-28(24,25)14-9-17-5-2-1-3-6-17/h1-9,14-15,21H,10-13,16H2. The number of hydrogen-bond donors (Lipinski definition) is 1. The molecule has 0 saturated carbocycles. The number of hydrogen-bond acceptors (Lipinski definition) is 5. The molecular formula is C20H22N2O5S. The minimum absolute atomic E-state index is 0.107. The van der Waals surface area contributed by atoms with Crippen molar-refractivity contribution in [3.8, 4) is 5.75 Å². The molecule has 7 nitrogen and oxygen atoms in total. The molecule has 0 radical (unpaired) electrons. The summed E-state index contributed by atoms with van der Waals surface area (Å²) in [4.78, 5) is 13.8. The van der Waals surface area contributed by atoms with E-state index in [2.05, 4.69) is 4.72 Å². The van der Waals surface area contributed by atoms with E-state index in [1.54, 1.807) is 29.2 Å².